The number of rotatable bonds is 6. The molecule has 1 aliphatic carbocycles. The highest BCUT2D eigenvalue weighted by Crippen LogP contribution is 2.36. The number of halogens is 3. The molecule has 2 unspecified atom stereocenters. The molecule has 0 radical (unpaired) electrons. The van der Waals surface area contributed by atoms with Gasteiger partial charge in [-0.3, -0.25) is 0 Å². The third-order valence-corrected chi connectivity index (χ3v) is 3.09. The normalized spacial score (nSPS) is 29.8. The van der Waals surface area contributed by atoms with Gasteiger partial charge < -0.3 is 15.2 Å². The maximum absolute atomic E-state index is 11.8. The summed E-state index contributed by atoms with van der Waals surface area (Å²) < 4.78 is 45.5. The molecule has 102 valence electrons. The lowest BCUT2D eigenvalue weighted by Crippen LogP contribution is -2.39. The first-order valence-electron chi connectivity index (χ1n) is 5.85. The second-order valence-electron chi connectivity index (χ2n) is 4.75. The fourth-order valence-electron chi connectivity index (χ4n) is 2.23. The number of nitrogens with two attached hydrogens (primary N) is 1. The molecule has 1 saturated carbocycles. The standard InChI is InChI=1S/C11H20F3NO2/c1-9-2-3-10(6-9,7-15)17-5-4-16-8-11(12,13)14/h9H,2-8,15H2,1H3. The molecule has 0 amide bonds. The van der Waals surface area contributed by atoms with Crippen LogP contribution in [0.3, 0.4) is 0 Å². The van der Waals surface area contributed by atoms with Crippen molar-refractivity contribution in [2.24, 2.45) is 11.7 Å². The van der Waals surface area contributed by atoms with Crippen molar-refractivity contribution in [2.75, 3.05) is 26.4 Å². The van der Waals surface area contributed by atoms with Crippen molar-refractivity contribution in [1.82, 2.24) is 0 Å². The molecule has 17 heavy (non-hydrogen) atoms. The Balaban J connectivity index is 2.17. The lowest BCUT2D eigenvalue weighted by molar-refractivity contribution is -0.179. The SMILES string of the molecule is CC1CCC(CN)(OCCOCC(F)(F)F)C1. The summed E-state index contributed by atoms with van der Waals surface area (Å²) in [5.74, 6) is 0.564. The molecule has 0 aromatic heterocycles. The number of alkyl halides is 3. The van der Waals surface area contributed by atoms with Gasteiger partial charge in [0.15, 0.2) is 0 Å². The summed E-state index contributed by atoms with van der Waals surface area (Å²) >= 11 is 0. The predicted octanol–water partition coefficient (Wildman–Crippen LogP) is 2.10. The van der Waals surface area contributed by atoms with E-state index in [0.29, 0.717) is 12.5 Å². The minimum atomic E-state index is -4.27. The minimum Gasteiger partial charge on any atom is -0.371 e. The third-order valence-electron chi connectivity index (χ3n) is 3.09. The predicted molar refractivity (Wildman–Crippen MR) is 57.6 cm³/mol. The van der Waals surface area contributed by atoms with Gasteiger partial charge in [-0.1, -0.05) is 6.92 Å². The Morgan fingerprint density at radius 3 is 2.53 bits per heavy atom. The van der Waals surface area contributed by atoms with E-state index in [1.54, 1.807) is 0 Å². The van der Waals surface area contributed by atoms with Crippen LogP contribution in [-0.2, 0) is 9.47 Å². The van der Waals surface area contributed by atoms with Crippen molar-refractivity contribution >= 4 is 0 Å². The maximum atomic E-state index is 11.8. The van der Waals surface area contributed by atoms with Crippen LogP contribution in [0.5, 0.6) is 0 Å². The van der Waals surface area contributed by atoms with Crippen LogP contribution >= 0.6 is 0 Å². The van der Waals surface area contributed by atoms with Gasteiger partial charge in [0.05, 0.1) is 18.8 Å². The molecule has 0 saturated heterocycles. The van der Waals surface area contributed by atoms with Crippen molar-refractivity contribution in [3.05, 3.63) is 0 Å². The van der Waals surface area contributed by atoms with Crippen LogP contribution in [0, 0.1) is 5.92 Å². The van der Waals surface area contributed by atoms with E-state index in [4.69, 9.17) is 10.5 Å². The molecular weight excluding hydrogens is 235 g/mol. The summed E-state index contributed by atoms with van der Waals surface area (Å²) in [6, 6.07) is 0. The molecule has 0 bridgehead atoms. The van der Waals surface area contributed by atoms with Crippen LogP contribution in [0.1, 0.15) is 26.2 Å². The monoisotopic (exact) mass is 255 g/mol. The van der Waals surface area contributed by atoms with E-state index in [2.05, 4.69) is 11.7 Å². The van der Waals surface area contributed by atoms with Gasteiger partial charge in [0.2, 0.25) is 0 Å². The molecule has 0 spiro atoms. The smallest absolute Gasteiger partial charge is 0.371 e. The van der Waals surface area contributed by atoms with Crippen LogP contribution in [0.25, 0.3) is 0 Å². The fourth-order valence-corrected chi connectivity index (χ4v) is 2.23. The summed E-state index contributed by atoms with van der Waals surface area (Å²) in [6.07, 6.45) is -1.46. The van der Waals surface area contributed by atoms with Crippen molar-refractivity contribution in [3.8, 4) is 0 Å². The van der Waals surface area contributed by atoms with Gasteiger partial charge in [0.25, 0.3) is 0 Å². The van der Waals surface area contributed by atoms with E-state index in [9.17, 15) is 13.2 Å². The zero-order chi connectivity index (χ0) is 12.9. The molecule has 2 atom stereocenters. The highest BCUT2D eigenvalue weighted by Gasteiger charge is 2.37. The van der Waals surface area contributed by atoms with E-state index < -0.39 is 12.8 Å². The molecule has 1 rings (SSSR count). The number of hydrogen-bond donors (Lipinski definition) is 1. The van der Waals surface area contributed by atoms with E-state index in [1.165, 1.54) is 0 Å². The largest absolute Gasteiger partial charge is 0.411 e. The van der Waals surface area contributed by atoms with Gasteiger partial charge in [-0.15, -0.1) is 0 Å². The Morgan fingerprint density at radius 1 is 1.35 bits per heavy atom. The molecule has 2 N–H and O–H groups in total. The summed E-state index contributed by atoms with van der Waals surface area (Å²) in [7, 11) is 0. The van der Waals surface area contributed by atoms with Gasteiger partial charge in [0, 0.05) is 6.54 Å². The lowest BCUT2D eigenvalue weighted by Gasteiger charge is -2.28. The lowest BCUT2D eigenvalue weighted by atomic mass is 10.0. The van der Waals surface area contributed by atoms with E-state index in [1.807, 2.05) is 0 Å². The Bertz CT molecular complexity index is 235. The zero-order valence-electron chi connectivity index (χ0n) is 10.1. The summed E-state index contributed by atoms with van der Waals surface area (Å²) in [5, 5.41) is 0. The van der Waals surface area contributed by atoms with E-state index in [0.717, 1.165) is 19.3 Å². The number of hydrogen-bond acceptors (Lipinski definition) is 3. The van der Waals surface area contributed by atoms with Gasteiger partial charge in [-0.25, -0.2) is 0 Å². The van der Waals surface area contributed by atoms with Gasteiger partial charge in [-0.2, -0.15) is 13.2 Å². The average molecular weight is 255 g/mol. The van der Waals surface area contributed by atoms with Crippen LogP contribution in [0.2, 0.25) is 0 Å². The average Bonchev–Trinajstić information content (AvgIpc) is 2.59. The molecule has 0 heterocycles. The van der Waals surface area contributed by atoms with Gasteiger partial charge in [0.1, 0.15) is 6.61 Å². The van der Waals surface area contributed by atoms with Gasteiger partial charge in [-0.05, 0) is 25.2 Å². The highest BCUT2D eigenvalue weighted by molar-refractivity contribution is 4.90. The Morgan fingerprint density at radius 2 is 2.06 bits per heavy atom. The first-order chi connectivity index (χ1) is 7.87. The first-order valence-corrected chi connectivity index (χ1v) is 5.85. The molecule has 1 fully saturated rings. The molecule has 1 aliphatic rings. The Hall–Kier alpha value is -0.330. The molecule has 0 aromatic carbocycles. The van der Waals surface area contributed by atoms with E-state index in [-0.39, 0.29) is 18.8 Å². The Kier molecular flexibility index (Phi) is 5.22. The third kappa shape index (κ3) is 5.23. The summed E-state index contributed by atoms with van der Waals surface area (Å²) in [6.45, 7) is 1.44. The van der Waals surface area contributed by atoms with Gasteiger partial charge >= 0.3 is 6.18 Å². The fraction of sp³-hybridized carbons (Fsp3) is 1.00. The summed E-state index contributed by atoms with van der Waals surface area (Å²) in [4.78, 5) is 0. The van der Waals surface area contributed by atoms with Crippen molar-refractivity contribution in [2.45, 2.75) is 38.0 Å². The van der Waals surface area contributed by atoms with Crippen molar-refractivity contribution < 1.29 is 22.6 Å². The zero-order valence-corrected chi connectivity index (χ0v) is 10.1. The van der Waals surface area contributed by atoms with Crippen LogP contribution in [0.4, 0.5) is 13.2 Å². The quantitative estimate of drug-likeness (QED) is 0.739. The topological polar surface area (TPSA) is 44.5 Å². The maximum Gasteiger partial charge on any atom is 0.411 e. The number of ether oxygens (including phenoxy) is 2. The van der Waals surface area contributed by atoms with Crippen molar-refractivity contribution in [3.63, 3.8) is 0 Å². The molecule has 6 heteroatoms. The second-order valence-corrected chi connectivity index (χ2v) is 4.75. The first kappa shape index (κ1) is 14.7. The molecule has 0 aliphatic heterocycles. The van der Waals surface area contributed by atoms with Crippen LogP contribution in [-0.4, -0.2) is 38.1 Å². The van der Waals surface area contributed by atoms with Crippen LogP contribution in [0.15, 0.2) is 0 Å². The molecule has 0 aromatic rings. The second kappa shape index (κ2) is 6.02. The van der Waals surface area contributed by atoms with Crippen LogP contribution < -0.4 is 5.73 Å². The molecular formula is C11H20F3NO2. The molecule has 3 nitrogen and oxygen atoms in total. The van der Waals surface area contributed by atoms with E-state index >= 15 is 0 Å². The Labute approximate surface area is 99.4 Å². The van der Waals surface area contributed by atoms with Crippen molar-refractivity contribution in [1.29, 1.82) is 0 Å². The highest BCUT2D eigenvalue weighted by atomic mass is 19.4. The summed E-state index contributed by atoms with van der Waals surface area (Å²) in [5.41, 5.74) is 5.32. The minimum absolute atomic E-state index is 0.0460.